The van der Waals surface area contributed by atoms with Crippen LogP contribution in [0.3, 0.4) is 0 Å². The zero-order chi connectivity index (χ0) is 17.0. The van der Waals surface area contributed by atoms with Gasteiger partial charge in [-0.1, -0.05) is 0 Å². The van der Waals surface area contributed by atoms with Crippen LogP contribution in [0.5, 0.6) is 0 Å². The van der Waals surface area contributed by atoms with Crippen LogP contribution < -0.4 is 16.0 Å². The summed E-state index contributed by atoms with van der Waals surface area (Å²) in [7, 11) is 0. The van der Waals surface area contributed by atoms with E-state index in [-0.39, 0.29) is 47.3 Å². The summed E-state index contributed by atoms with van der Waals surface area (Å²) in [4.78, 5) is 14.5. The van der Waals surface area contributed by atoms with Gasteiger partial charge in [-0.05, 0) is 57.2 Å². The second-order valence-corrected chi connectivity index (χ2v) is 7.99. The van der Waals surface area contributed by atoms with Gasteiger partial charge in [0.2, 0.25) is 5.91 Å². The molecule has 1 amide bonds. The highest BCUT2D eigenvalue weighted by atomic mass is 35.5. The summed E-state index contributed by atoms with van der Waals surface area (Å²) in [6.45, 7) is 5.66. The molecule has 0 saturated carbocycles. The molecule has 1 atom stereocenters. The van der Waals surface area contributed by atoms with E-state index in [9.17, 15) is 9.18 Å². The lowest BCUT2D eigenvalue weighted by molar-refractivity contribution is -0.123. The SMILES string of the molecule is CSC(C)(C)[C@H](N)C(=O)NC1CCN(c2ccc(F)cc2)CC1.Cl.Cl. The fraction of sp³-hybridized carbons (Fsp3) is 0.588. The van der Waals surface area contributed by atoms with Crippen LogP contribution in [0, 0.1) is 5.82 Å². The van der Waals surface area contributed by atoms with Gasteiger partial charge in [0.1, 0.15) is 5.82 Å². The summed E-state index contributed by atoms with van der Waals surface area (Å²) in [5.41, 5.74) is 7.10. The molecule has 0 radical (unpaired) electrons. The Labute approximate surface area is 166 Å². The fourth-order valence-corrected chi connectivity index (χ4v) is 3.03. The van der Waals surface area contributed by atoms with E-state index in [1.165, 1.54) is 12.1 Å². The third-order valence-electron chi connectivity index (χ3n) is 4.59. The predicted octanol–water partition coefficient (Wildman–Crippen LogP) is 3.22. The third-order valence-corrected chi connectivity index (χ3v) is 5.90. The van der Waals surface area contributed by atoms with Gasteiger partial charge in [-0.3, -0.25) is 4.79 Å². The van der Waals surface area contributed by atoms with Gasteiger partial charge in [-0.2, -0.15) is 11.8 Å². The van der Waals surface area contributed by atoms with Crippen molar-refractivity contribution in [1.29, 1.82) is 0 Å². The Balaban J connectivity index is 0.00000288. The van der Waals surface area contributed by atoms with Gasteiger partial charge in [0.15, 0.2) is 0 Å². The maximum atomic E-state index is 13.0. The number of nitrogens with two attached hydrogens (primary N) is 1. The minimum atomic E-state index is -0.521. The molecular weight excluding hydrogens is 384 g/mol. The quantitative estimate of drug-likeness (QED) is 0.780. The van der Waals surface area contributed by atoms with Gasteiger partial charge in [0.05, 0.1) is 6.04 Å². The van der Waals surface area contributed by atoms with Crippen molar-refractivity contribution in [3.05, 3.63) is 30.1 Å². The second-order valence-electron chi connectivity index (χ2n) is 6.53. The number of benzene rings is 1. The summed E-state index contributed by atoms with van der Waals surface area (Å²) >= 11 is 1.60. The Hall–Kier alpha value is -0.690. The molecule has 0 spiro atoms. The molecular formula is C17H28Cl2FN3OS. The molecule has 1 aliphatic rings. The maximum absolute atomic E-state index is 13.0. The first-order valence-electron chi connectivity index (χ1n) is 7.95. The summed E-state index contributed by atoms with van der Waals surface area (Å²) in [5, 5.41) is 3.08. The maximum Gasteiger partial charge on any atom is 0.238 e. The van der Waals surface area contributed by atoms with E-state index in [0.717, 1.165) is 31.6 Å². The van der Waals surface area contributed by atoms with Crippen LogP contribution in [0.1, 0.15) is 26.7 Å². The number of anilines is 1. The number of halogens is 3. The van der Waals surface area contributed by atoms with E-state index in [1.54, 1.807) is 23.9 Å². The zero-order valence-corrected chi connectivity index (χ0v) is 17.3. The van der Waals surface area contributed by atoms with Crippen LogP contribution in [0.4, 0.5) is 10.1 Å². The third kappa shape index (κ3) is 6.51. The Bertz CT molecular complexity index is 537. The van der Waals surface area contributed by atoms with E-state index < -0.39 is 6.04 Å². The van der Waals surface area contributed by atoms with Crippen LogP contribution >= 0.6 is 36.6 Å². The lowest BCUT2D eigenvalue weighted by atomic mass is 10.0. The Kier molecular flexibility index (Phi) is 10.2. The number of nitrogens with zero attached hydrogens (tertiary/aromatic N) is 1. The molecule has 1 heterocycles. The van der Waals surface area contributed by atoms with Crippen LogP contribution in [0.2, 0.25) is 0 Å². The minimum absolute atomic E-state index is 0. The number of carbonyl (C=O) groups is 1. The van der Waals surface area contributed by atoms with Crippen molar-refractivity contribution in [2.45, 2.75) is 43.5 Å². The molecule has 0 aliphatic carbocycles. The number of carbonyl (C=O) groups excluding carboxylic acids is 1. The molecule has 4 nitrogen and oxygen atoms in total. The van der Waals surface area contributed by atoms with Crippen molar-refractivity contribution in [2.75, 3.05) is 24.2 Å². The number of piperidine rings is 1. The Morgan fingerprint density at radius 3 is 2.28 bits per heavy atom. The summed E-state index contributed by atoms with van der Waals surface area (Å²) in [5.74, 6) is -0.300. The summed E-state index contributed by atoms with van der Waals surface area (Å²) in [6.07, 6.45) is 3.71. The van der Waals surface area contributed by atoms with Gasteiger partial charge < -0.3 is 16.0 Å². The molecule has 0 bridgehead atoms. The number of hydrogen-bond acceptors (Lipinski definition) is 4. The predicted molar refractivity (Wildman–Crippen MR) is 110 cm³/mol. The van der Waals surface area contributed by atoms with Crippen LogP contribution in [-0.4, -0.2) is 42.1 Å². The van der Waals surface area contributed by atoms with E-state index in [1.807, 2.05) is 20.1 Å². The van der Waals surface area contributed by atoms with Gasteiger partial charge in [0.25, 0.3) is 0 Å². The molecule has 3 N–H and O–H groups in total. The molecule has 8 heteroatoms. The molecule has 0 aromatic heterocycles. The molecule has 1 fully saturated rings. The molecule has 1 saturated heterocycles. The molecule has 1 aliphatic heterocycles. The molecule has 1 aromatic carbocycles. The van der Waals surface area contributed by atoms with E-state index in [0.29, 0.717) is 0 Å². The zero-order valence-electron chi connectivity index (χ0n) is 14.8. The van der Waals surface area contributed by atoms with E-state index in [2.05, 4.69) is 10.2 Å². The number of hydrogen-bond donors (Lipinski definition) is 2. The lowest BCUT2D eigenvalue weighted by Crippen LogP contribution is -2.55. The summed E-state index contributed by atoms with van der Waals surface area (Å²) < 4.78 is 12.7. The number of amides is 1. The molecule has 25 heavy (non-hydrogen) atoms. The van der Waals surface area contributed by atoms with Gasteiger partial charge in [0, 0.05) is 29.6 Å². The van der Waals surface area contributed by atoms with Gasteiger partial charge >= 0.3 is 0 Å². The van der Waals surface area contributed by atoms with Crippen molar-refractivity contribution >= 4 is 48.2 Å². The first-order valence-corrected chi connectivity index (χ1v) is 9.17. The Morgan fingerprint density at radius 1 is 1.28 bits per heavy atom. The van der Waals surface area contributed by atoms with Crippen molar-refractivity contribution in [3.8, 4) is 0 Å². The number of thioether (sulfide) groups is 1. The van der Waals surface area contributed by atoms with E-state index >= 15 is 0 Å². The molecule has 1 aromatic rings. The highest BCUT2D eigenvalue weighted by molar-refractivity contribution is 8.00. The van der Waals surface area contributed by atoms with Crippen molar-refractivity contribution in [2.24, 2.45) is 5.73 Å². The van der Waals surface area contributed by atoms with Crippen LogP contribution in [0.25, 0.3) is 0 Å². The van der Waals surface area contributed by atoms with Gasteiger partial charge in [-0.25, -0.2) is 4.39 Å². The summed E-state index contributed by atoms with van der Waals surface area (Å²) in [6, 6.07) is 6.19. The largest absolute Gasteiger partial charge is 0.371 e. The second kappa shape index (κ2) is 10.5. The lowest BCUT2D eigenvalue weighted by Gasteiger charge is -2.35. The number of nitrogens with one attached hydrogen (secondary N) is 1. The highest BCUT2D eigenvalue weighted by Crippen LogP contribution is 2.25. The topological polar surface area (TPSA) is 58.4 Å². The average molecular weight is 412 g/mol. The smallest absolute Gasteiger partial charge is 0.238 e. The van der Waals surface area contributed by atoms with Crippen molar-refractivity contribution < 1.29 is 9.18 Å². The number of rotatable bonds is 5. The van der Waals surface area contributed by atoms with Crippen LogP contribution in [-0.2, 0) is 4.79 Å². The standard InChI is InChI=1S/C17H26FN3OS.2ClH/c1-17(2,23-3)15(19)16(22)20-13-8-10-21(11-9-13)14-6-4-12(18)5-7-14;;/h4-7,13,15H,8-11,19H2,1-3H3,(H,20,22);2*1H/t15-;;/m1../s1. The normalized spacial score (nSPS) is 16.4. The monoisotopic (exact) mass is 411 g/mol. The molecule has 0 unspecified atom stereocenters. The average Bonchev–Trinajstić information content (AvgIpc) is 2.55. The van der Waals surface area contributed by atoms with Crippen molar-refractivity contribution in [1.82, 2.24) is 5.32 Å². The fourth-order valence-electron chi connectivity index (χ4n) is 2.67. The molecule has 2 rings (SSSR count). The first kappa shape index (κ1) is 24.3. The van der Waals surface area contributed by atoms with Gasteiger partial charge in [-0.15, -0.1) is 24.8 Å². The van der Waals surface area contributed by atoms with E-state index in [4.69, 9.17) is 5.73 Å². The first-order chi connectivity index (χ1) is 10.8. The van der Waals surface area contributed by atoms with Crippen LogP contribution in [0.15, 0.2) is 24.3 Å². The Morgan fingerprint density at radius 2 is 1.80 bits per heavy atom. The minimum Gasteiger partial charge on any atom is -0.371 e. The highest BCUT2D eigenvalue weighted by Gasteiger charge is 2.32. The molecule has 144 valence electrons. The van der Waals surface area contributed by atoms with Crippen molar-refractivity contribution in [3.63, 3.8) is 0 Å².